The van der Waals surface area contributed by atoms with Gasteiger partial charge in [-0.2, -0.15) is 0 Å². The fourth-order valence-corrected chi connectivity index (χ4v) is 3.40. The van der Waals surface area contributed by atoms with Crippen LogP contribution in [-0.4, -0.2) is 34.1 Å². The molecule has 3 aromatic rings. The van der Waals surface area contributed by atoms with Crippen molar-refractivity contribution in [3.05, 3.63) is 76.2 Å². The quantitative estimate of drug-likeness (QED) is 0.696. The van der Waals surface area contributed by atoms with Gasteiger partial charge >= 0.3 is 6.03 Å². The summed E-state index contributed by atoms with van der Waals surface area (Å²) in [7, 11) is 3.40. The van der Waals surface area contributed by atoms with Crippen LogP contribution < -0.4 is 20.9 Å². The van der Waals surface area contributed by atoms with Crippen molar-refractivity contribution < 1.29 is 9.53 Å². The summed E-state index contributed by atoms with van der Waals surface area (Å²) in [6.45, 7) is 0.734. The maximum absolute atomic E-state index is 12.7. The highest BCUT2D eigenvalue weighted by molar-refractivity contribution is 5.89. The molecule has 1 aliphatic rings. The van der Waals surface area contributed by atoms with E-state index in [0.29, 0.717) is 35.9 Å². The van der Waals surface area contributed by atoms with Gasteiger partial charge in [0.25, 0.3) is 5.56 Å². The van der Waals surface area contributed by atoms with Crippen molar-refractivity contribution in [3.8, 4) is 11.5 Å². The molecule has 0 fully saturated rings. The van der Waals surface area contributed by atoms with Crippen LogP contribution in [-0.2, 0) is 20.0 Å². The lowest BCUT2D eigenvalue weighted by atomic mass is 10.1. The lowest BCUT2D eigenvalue weighted by Crippen LogP contribution is -2.42. The van der Waals surface area contributed by atoms with Gasteiger partial charge in [0, 0.05) is 32.7 Å². The summed E-state index contributed by atoms with van der Waals surface area (Å²) < 4.78 is 7.23. The van der Waals surface area contributed by atoms with Crippen molar-refractivity contribution in [2.45, 2.75) is 13.0 Å². The smallest absolute Gasteiger partial charge is 0.322 e. The zero-order valence-corrected chi connectivity index (χ0v) is 16.9. The molecule has 8 nitrogen and oxygen atoms in total. The van der Waals surface area contributed by atoms with Gasteiger partial charge in [0.1, 0.15) is 11.5 Å². The Labute approximate surface area is 174 Å². The predicted molar refractivity (Wildman–Crippen MR) is 115 cm³/mol. The molecular formula is C22H23N5O3. The van der Waals surface area contributed by atoms with Crippen LogP contribution >= 0.6 is 0 Å². The normalized spacial score (nSPS) is 12.8. The minimum atomic E-state index is -0.253. The number of carbonyl (C=O) groups excluding carboxylic acids is 1. The van der Waals surface area contributed by atoms with Crippen LogP contribution in [0.3, 0.4) is 0 Å². The topological polar surface area (TPSA) is 88.5 Å². The van der Waals surface area contributed by atoms with Crippen LogP contribution in [0.2, 0.25) is 0 Å². The van der Waals surface area contributed by atoms with E-state index in [9.17, 15) is 9.59 Å². The first-order valence-corrected chi connectivity index (χ1v) is 9.70. The van der Waals surface area contributed by atoms with Crippen molar-refractivity contribution in [2.24, 2.45) is 7.05 Å². The third-order valence-electron chi connectivity index (χ3n) is 5.03. The molecule has 2 aromatic carbocycles. The molecule has 1 aromatic heterocycles. The van der Waals surface area contributed by atoms with E-state index in [4.69, 9.17) is 4.74 Å². The standard InChI is InChI=1S/C22H23N5O3/c1-23-21-25-19-12-13-27(14-18(19)20(28)26(21)2)22(29)24-15-8-10-17(11-9-15)30-16-6-4-3-5-7-16/h3-11H,12-14H2,1-2H3,(H,23,25)(H,24,29). The molecule has 30 heavy (non-hydrogen) atoms. The zero-order valence-electron chi connectivity index (χ0n) is 16.9. The number of nitrogens with one attached hydrogen (secondary N) is 2. The summed E-state index contributed by atoms with van der Waals surface area (Å²) in [5, 5.41) is 5.80. The number of fused-ring (bicyclic) bond motifs is 1. The van der Waals surface area contributed by atoms with Gasteiger partial charge in [-0.25, -0.2) is 9.78 Å². The Morgan fingerprint density at radius 3 is 2.47 bits per heavy atom. The minimum Gasteiger partial charge on any atom is -0.457 e. The Morgan fingerprint density at radius 2 is 1.77 bits per heavy atom. The van der Waals surface area contributed by atoms with E-state index in [1.165, 1.54) is 4.57 Å². The molecular weight excluding hydrogens is 382 g/mol. The zero-order chi connectivity index (χ0) is 21.1. The summed E-state index contributed by atoms with van der Waals surface area (Å²) in [4.78, 5) is 31.4. The van der Waals surface area contributed by atoms with Gasteiger partial charge in [0.15, 0.2) is 0 Å². The van der Waals surface area contributed by atoms with Crippen molar-refractivity contribution in [1.82, 2.24) is 14.5 Å². The molecule has 1 aliphatic heterocycles. The van der Waals surface area contributed by atoms with Crippen LogP contribution in [0.25, 0.3) is 0 Å². The van der Waals surface area contributed by atoms with E-state index < -0.39 is 0 Å². The van der Waals surface area contributed by atoms with E-state index in [-0.39, 0.29) is 18.1 Å². The predicted octanol–water partition coefficient (Wildman–Crippen LogP) is 3.20. The second-order valence-electron chi connectivity index (χ2n) is 7.02. The van der Waals surface area contributed by atoms with E-state index in [0.717, 1.165) is 11.4 Å². The number of carbonyl (C=O) groups is 1. The average molecular weight is 405 g/mol. The molecule has 0 radical (unpaired) electrons. The first-order valence-electron chi connectivity index (χ1n) is 9.70. The number of urea groups is 1. The van der Waals surface area contributed by atoms with Gasteiger partial charge in [-0.15, -0.1) is 0 Å². The fraction of sp³-hybridized carbons (Fsp3) is 0.227. The Bertz CT molecular complexity index is 1110. The Kier molecular flexibility index (Phi) is 5.38. The Hall–Kier alpha value is -3.81. The highest BCUT2D eigenvalue weighted by atomic mass is 16.5. The van der Waals surface area contributed by atoms with Gasteiger partial charge in [-0.05, 0) is 36.4 Å². The summed E-state index contributed by atoms with van der Waals surface area (Å²) in [5.74, 6) is 1.95. The lowest BCUT2D eigenvalue weighted by Gasteiger charge is -2.28. The van der Waals surface area contributed by atoms with E-state index in [2.05, 4.69) is 15.6 Å². The molecule has 0 spiro atoms. The minimum absolute atomic E-state index is 0.135. The third kappa shape index (κ3) is 3.98. The number of amides is 2. The monoisotopic (exact) mass is 405 g/mol. The number of nitrogens with zero attached hydrogens (tertiary/aromatic N) is 3. The number of para-hydroxylation sites is 1. The molecule has 0 atom stereocenters. The molecule has 2 N–H and O–H groups in total. The second kappa shape index (κ2) is 8.28. The van der Waals surface area contributed by atoms with Gasteiger partial charge in [-0.3, -0.25) is 9.36 Å². The van der Waals surface area contributed by atoms with Crippen LogP contribution in [0.15, 0.2) is 59.4 Å². The number of hydrogen-bond acceptors (Lipinski definition) is 5. The molecule has 154 valence electrons. The molecule has 8 heteroatoms. The van der Waals surface area contributed by atoms with E-state index in [1.54, 1.807) is 43.3 Å². The number of ether oxygens (including phenoxy) is 1. The van der Waals surface area contributed by atoms with Crippen LogP contribution in [0.4, 0.5) is 16.4 Å². The highest BCUT2D eigenvalue weighted by Crippen LogP contribution is 2.23. The molecule has 2 heterocycles. The first kappa shape index (κ1) is 19.5. The SMILES string of the molecule is CNc1nc2c(c(=O)n1C)CN(C(=O)Nc1ccc(Oc3ccccc3)cc1)CC2. The van der Waals surface area contributed by atoms with Gasteiger partial charge in [-0.1, -0.05) is 18.2 Å². The second-order valence-corrected chi connectivity index (χ2v) is 7.02. The number of aromatic nitrogens is 2. The number of rotatable bonds is 4. The van der Waals surface area contributed by atoms with Crippen LogP contribution in [0, 0.1) is 0 Å². The van der Waals surface area contributed by atoms with Crippen LogP contribution in [0.5, 0.6) is 11.5 Å². The molecule has 0 saturated carbocycles. The van der Waals surface area contributed by atoms with E-state index >= 15 is 0 Å². The molecule has 4 rings (SSSR count). The van der Waals surface area contributed by atoms with Crippen LogP contribution in [0.1, 0.15) is 11.3 Å². The number of benzene rings is 2. The number of anilines is 2. The van der Waals surface area contributed by atoms with Crippen molar-refractivity contribution in [2.75, 3.05) is 24.2 Å². The van der Waals surface area contributed by atoms with Crippen molar-refractivity contribution in [3.63, 3.8) is 0 Å². The fourth-order valence-electron chi connectivity index (χ4n) is 3.40. The highest BCUT2D eigenvalue weighted by Gasteiger charge is 2.25. The molecule has 0 bridgehead atoms. The molecule has 0 saturated heterocycles. The summed E-state index contributed by atoms with van der Waals surface area (Å²) in [5.41, 5.74) is 1.82. The first-order chi connectivity index (χ1) is 14.5. The largest absolute Gasteiger partial charge is 0.457 e. The van der Waals surface area contributed by atoms with Gasteiger partial charge < -0.3 is 20.3 Å². The molecule has 0 aliphatic carbocycles. The number of hydrogen-bond donors (Lipinski definition) is 2. The lowest BCUT2D eigenvalue weighted by molar-refractivity contribution is 0.205. The van der Waals surface area contributed by atoms with Gasteiger partial charge in [0.05, 0.1) is 17.8 Å². The van der Waals surface area contributed by atoms with Gasteiger partial charge in [0.2, 0.25) is 5.95 Å². The molecule has 2 amide bonds. The summed E-state index contributed by atoms with van der Waals surface area (Å²) in [6.07, 6.45) is 0.539. The average Bonchev–Trinajstić information content (AvgIpc) is 2.78. The maximum atomic E-state index is 12.7. The Morgan fingerprint density at radius 1 is 1.07 bits per heavy atom. The summed E-state index contributed by atoms with van der Waals surface area (Å²) >= 11 is 0. The van der Waals surface area contributed by atoms with Crippen molar-refractivity contribution >= 4 is 17.7 Å². The maximum Gasteiger partial charge on any atom is 0.322 e. The van der Waals surface area contributed by atoms with Crippen molar-refractivity contribution in [1.29, 1.82) is 0 Å². The van der Waals surface area contributed by atoms with E-state index in [1.807, 2.05) is 30.3 Å². The third-order valence-corrected chi connectivity index (χ3v) is 5.03. The summed E-state index contributed by atoms with van der Waals surface area (Å²) in [6, 6.07) is 16.4. The molecule has 0 unspecified atom stereocenters. The Balaban J connectivity index is 1.42.